The zero-order valence-electron chi connectivity index (χ0n) is 19.6. The summed E-state index contributed by atoms with van der Waals surface area (Å²) < 4.78 is 14.8. The van der Waals surface area contributed by atoms with Gasteiger partial charge in [-0.2, -0.15) is 5.10 Å². The number of phenols is 1. The van der Waals surface area contributed by atoms with Gasteiger partial charge >= 0.3 is 0 Å². The summed E-state index contributed by atoms with van der Waals surface area (Å²) in [7, 11) is 0. The molecule has 2 heterocycles. The maximum absolute atomic E-state index is 14.8. The van der Waals surface area contributed by atoms with Crippen LogP contribution in [0.25, 0.3) is 10.8 Å². The van der Waals surface area contributed by atoms with Crippen molar-refractivity contribution in [1.82, 2.24) is 15.1 Å². The fraction of sp³-hybridized carbons (Fsp3) is 0.185. The summed E-state index contributed by atoms with van der Waals surface area (Å²) in [4.78, 5) is 41.0. The zero-order valence-corrected chi connectivity index (χ0v) is 19.6. The van der Waals surface area contributed by atoms with Crippen LogP contribution in [-0.2, 0) is 11.2 Å². The van der Waals surface area contributed by atoms with Gasteiger partial charge in [-0.15, -0.1) is 0 Å². The average Bonchev–Trinajstić information content (AvgIpc) is 2.91. The van der Waals surface area contributed by atoms with Gasteiger partial charge in [0.25, 0.3) is 11.5 Å². The lowest BCUT2D eigenvalue weighted by molar-refractivity contribution is -0.122. The second kappa shape index (κ2) is 9.82. The summed E-state index contributed by atoms with van der Waals surface area (Å²) in [5.41, 5.74) is 1.13. The lowest BCUT2D eigenvalue weighted by Crippen LogP contribution is -2.59. The fourth-order valence-electron chi connectivity index (χ4n) is 4.62. The number of aromatic hydroxyl groups is 1. The normalized spacial score (nSPS) is 15.8. The minimum absolute atomic E-state index is 0.00225. The Labute approximate surface area is 210 Å². The fourth-order valence-corrected chi connectivity index (χ4v) is 4.62. The second-order valence-electron chi connectivity index (χ2n) is 8.84. The van der Waals surface area contributed by atoms with Gasteiger partial charge in [0.05, 0.1) is 29.3 Å². The highest BCUT2D eigenvalue weighted by Gasteiger charge is 2.36. The van der Waals surface area contributed by atoms with E-state index in [2.05, 4.69) is 10.2 Å². The summed E-state index contributed by atoms with van der Waals surface area (Å²) in [5.74, 6) is -1.81. The number of H-pyrrole nitrogens is 1. The molecule has 3 aromatic carbocycles. The molecule has 10 heteroatoms. The largest absolute Gasteiger partial charge is 0.508 e. The van der Waals surface area contributed by atoms with E-state index in [4.69, 9.17) is 0 Å². The van der Waals surface area contributed by atoms with Crippen molar-refractivity contribution >= 4 is 28.3 Å². The molecule has 2 amide bonds. The number of aromatic nitrogens is 2. The third-order valence-corrected chi connectivity index (χ3v) is 6.42. The van der Waals surface area contributed by atoms with Crippen LogP contribution in [0.4, 0.5) is 10.1 Å². The molecule has 1 aromatic heterocycles. The number of nitrogens with zero attached hydrogens (tertiary/aromatic N) is 3. The van der Waals surface area contributed by atoms with Crippen molar-refractivity contribution in [3.63, 3.8) is 0 Å². The number of phenolic OH excluding ortho intramolecular Hbond substituents is 1. The SMILES string of the molecule is O=C(c1cc(Cc2n[nH]c(=O)c3ccccc23)ccc1F)N1CC(=O)N(c2ccc(O)cc2)C(CO)C1. The Bertz CT molecular complexity index is 1550. The van der Waals surface area contributed by atoms with E-state index in [0.717, 1.165) is 0 Å². The van der Waals surface area contributed by atoms with Crippen molar-refractivity contribution in [1.29, 1.82) is 0 Å². The summed E-state index contributed by atoms with van der Waals surface area (Å²) in [6.07, 6.45) is 0.241. The Morgan fingerprint density at radius 2 is 1.78 bits per heavy atom. The molecule has 188 valence electrons. The van der Waals surface area contributed by atoms with Crippen molar-refractivity contribution in [3.8, 4) is 5.75 Å². The highest BCUT2D eigenvalue weighted by atomic mass is 19.1. The second-order valence-corrected chi connectivity index (χ2v) is 8.84. The van der Waals surface area contributed by atoms with Crippen molar-refractivity contribution in [3.05, 3.63) is 99.7 Å². The molecule has 1 unspecified atom stereocenters. The number of amides is 2. The number of halogens is 1. The predicted octanol–water partition coefficient (Wildman–Crippen LogP) is 2.21. The van der Waals surface area contributed by atoms with Crippen LogP contribution in [0.15, 0.2) is 71.5 Å². The van der Waals surface area contributed by atoms with Crippen LogP contribution in [0.1, 0.15) is 21.6 Å². The van der Waals surface area contributed by atoms with Gasteiger partial charge in [0.1, 0.15) is 18.1 Å². The molecule has 5 rings (SSSR count). The number of hydrogen-bond acceptors (Lipinski definition) is 6. The van der Waals surface area contributed by atoms with E-state index in [9.17, 15) is 29.0 Å². The highest BCUT2D eigenvalue weighted by Crippen LogP contribution is 2.26. The van der Waals surface area contributed by atoms with Crippen LogP contribution in [0.3, 0.4) is 0 Å². The first-order valence-corrected chi connectivity index (χ1v) is 11.6. The first-order chi connectivity index (χ1) is 17.9. The molecule has 1 fully saturated rings. The topological polar surface area (TPSA) is 127 Å². The van der Waals surface area contributed by atoms with Crippen LogP contribution in [0, 0.1) is 5.82 Å². The van der Waals surface area contributed by atoms with Gasteiger partial charge in [-0.3, -0.25) is 14.4 Å². The van der Waals surface area contributed by atoms with Gasteiger partial charge in [-0.05, 0) is 48.0 Å². The number of aliphatic hydroxyl groups is 1. The molecular weight excluding hydrogens is 479 g/mol. The number of fused-ring (bicyclic) bond motifs is 1. The number of nitrogens with one attached hydrogen (secondary N) is 1. The maximum Gasteiger partial charge on any atom is 0.272 e. The summed E-state index contributed by atoms with van der Waals surface area (Å²) in [6, 6.07) is 16.4. The minimum atomic E-state index is -0.738. The van der Waals surface area contributed by atoms with Gasteiger partial charge in [-0.25, -0.2) is 9.49 Å². The van der Waals surface area contributed by atoms with E-state index in [1.165, 1.54) is 40.1 Å². The third-order valence-electron chi connectivity index (χ3n) is 6.42. The Kier molecular flexibility index (Phi) is 6.41. The van der Waals surface area contributed by atoms with E-state index in [0.29, 0.717) is 27.7 Å². The van der Waals surface area contributed by atoms with Crippen molar-refractivity contribution in [2.45, 2.75) is 12.5 Å². The minimum Gasteiger partial charge on any atom is -0.508 e. The predicted molar refractivity (Wildman–Crippen MR) is 134 cm³/mol. The molecule has 1 aliphatic rings. The number of benzene rings is 3. The monoisotopic (exact) mass is 502 g/mol. The number of aliphatic hydroxyl groups excluding tert-OH is 1. The van der Waals surface area contributed by atoms with E-state index in [1.807, 2.05) is 0 Å². The van der Waals surface area contributed by atoms with E-state index in [1.54, 1.807) is 36.4 Å². The quantitative estimate of drug-likeness (QED) is 0.384. The highest BCUT2D eigenvalue weighted by molar-refractivity contribution is 6.02. The molecule has 37 heavy (non-hydrogen) atoms. The smallest absolute Gasteiger partial charge is 0.272 e. The molecule has 3 N–H and O–H groups in total. The average molecular weight is 503 g/mol. The summed E-state index contributed by atoms with van der Waals surface area (Å²) in [6.45, 7) is -0.715. The number of anilines is 1. The van der Waals surface area contributed by atoms with Crippen molar-refractivity contribution in [2.75, 3.05) is 24.6 Å². The Hall–Kier alpha value is -4.57. The summed E-state index contributed by atoms with van der Waals surface area (Å²) in [5, 5.41) is 27.2. The molecule has 0 saturated carbocycles. The molecule has 4 aromatic rings. The van der Waals surface area contributed by atoms with Crippen molar-refractivity contribution < 1.29 is 24.2 Å². The number of carbonyl (C=O) groups excluding carboxylic acids is 2. The number of hydrogen-bond donors (Lipinski definition) is 3. The van der Waals surface area contributed by atoms with E-state index >= 15 is 0 Å². The number of rotatable bonds is 5. The van der Waals surface area contributed by atoms with Crippen LogP contribution in [-0.4, -0.2) is 62.9 Å². The standard InChI is InChI=1S/C27H23FN4O5/c28-23-10-5-16(12-24-20-3-1-2-4-21(20)26(36)30-29-24)11-22(23)27(37)31-13-18(15-33)32(25(35)14-31)17-6-8-19(34)9-7-17/h1-11,18,33-34H,12-15H2,(H,30,36). The third kappa shape index (κ3) is 4.66. The molecule has 0 bridgehead atoms. The molecule has 1 atom stereocenters. The van der Waals surface area contributed by atoms with Gasteiger partial charge in [0.15, 0.2) is 0 Å². The van der Waals surface area contributed by atoms with Crippen LogP contribution >= 0.6 is 0 Å². The zero-order chi connectivity index (χ0) is 26.1. The molecule has 0 spiro atoms. The maximum atomic E-state index is 14.8. The number of carbonyl (C=O) groups is 2. The van der Waals surface area contributed by atoms with Crippen LogP contribution < -0.4 is 10.5 Å². The van der Waals surface area contributed by atoms with Crippen LogP contribution in [0.5, 0.6) is 5.75 Å². The lowest BCUT2D eigenvalue weighted by atomic mass is 10.0. The van der Waals surface area contributed by atoms with Gasteiger partial charge in [-0.1, -0.05) is 24.3 Å². The van der Waals surface area contributed by atoms with Gasteiger partial charge < -0.3 is 20.0 Å². The van der Waals surface area contributed by atoms with E-state index in [-0.39, 0.29) is 36.4 Å². The lowest BCUT2D eigenvalue weighted by Gasteiger charge is -2.40. The number of aromatic amines is 1. The van der Waals surface area contributed by atoms with E-state index < -0.39 is 30.3 Å². The molecular formula is C27H23FN4O5. The molecule has 9 nitrogen and oxygen atoms in total. The van der Waals surface area contributed by atoms with Crippen molar-refractivity contribution in [2.24, 2.45) is 0 Å². The van der Waals surface area contributed by atoms with Gasteiger partial charge in [0, 0.05) is 24.0 Å². The Morgan fingerprint density at radius 3 is 2.51 bits per heavy atom. The molecule has 1 aliphatic heterocycles. The van der Waals surface area contributed by atoms with Crippen LogP contribution in [0.2, 0.25) is 0 Å². The Morgan fingerprint density at radius 1 is 1.05 bits per heavy atom. The molecule has 0 aliphatic carbocycles. The first kappa shape index (κ1) is 24.1. The Balaban J connectivity index is 1.40. The van der Waals surface area contributed by atoms with Gasteiger partial charge in [0.2, 0.25) is 5.91 Å². The first-order valence-electron chi connectivity index (χ1n) is 11.6. The summed E-state index contributed by atoms with van der Waals surface area (Å²) >= 11 is 0. The molecule has 1 saturated heterocycles. The molecule has 0 radical (unpaired) electrons. The number of piperazine rings is 1.